The Hall–Kier alpha value is -6.00. The van der Waals surface area contributed by atoms with Crippen LogP contribution < -0.4 is 0 Å². The second-order valence-electron chi connectivity index (χ2n) is 11.6. The van der Waals surface area contributed by atoms with E-state index < -0.39 is 152 Å². The molecular weight excluding hydrogens is 1080 g/mol. The first-order chi connectivity index (χ1) is 31.1. The van der Waals surface area contributed by atoms with Crippen LogP contribution in [0.2, 0.25) is 0 Å². The predicted octanol–water partition coefficient (Wildman–Crippen LogP) is 2.31. The summed E-state index contributed by atoms with van der Waals surface area (Å²) in [6.07, 6.45) is 0. The molecule has 0 heterocycles. The van der Waals surface area contributed by atoms with Gasteiger partial charge in [0.05, 0.1) is 64.1 Å². The Labute approximate surface area is 390 Å². The van der Waals surface area contributed by atoms with Gasteiger partial charge in [0.25, 0.3) is 40.5 Å². The first kappa shape index (κ1) is 60.0. The lowest BCUT2D eigenvalue weighted by Gasteiger charge is -2.04. The van der Waals surface area contributed by atoms with E-state index in [0.29, 0.717) is 0 Å². The Morgan fingerprint density at radius 2 is 0.368 bits per heavy atom. The smallest absolute Gasteiger partial charge is 0.335 e. The maximum atomic E-state index is 11.3. The van der Waals surface area contributed by atoms with Crippen molar-refractivity contribution in [2.24, 2.45) is 0 Å². The van der Waals surface area contributed by atoms with Crippen molar-refractivity contribution in [2.45, 2.75) is 19.6 Å². The average Bonchev–Trinajstić information content (AvgIpc) is 3.28. The van der Waals surface area contributed by atoms with Gasteiger partial charge in [0.15, 0.2) is 0 Å². The maximum absolute atomic E-state index is 11.3. The molecule has 0 radical (unpaired) electrons. The highest BCUT2D eigenvalue weighted by molar-refractivity contribution is 7.89. The first-order valence-electron chi connectivity index (χ1n) is 16.1. The van der Waals surface area contributed by atoms with Crippen LogP contribution in [0.4, 0.5) is 0 Å². The highest BCUT2D eigenvalue weighted by Crippen LogP contribution is 2.23. The van der Waals surface area contributed by atoms with Gasteiger partial charge in [-0.05, 0) is 72.8 Å². The number of hydrogen-bond acceptors (Lipinski definition) is 20. The minimum Gasteiger partial charge on any atom is -0.478 e. The molecule has 0 aromatic heterocycles. The molecule has 0 aliphatic carbocycles. The summed E-state index contributed by atoms with van der Waals surface area (Å²) in [6.45, 7) is 0. The number of benzene rings is 4. The third-order valence-corrected chi connectivity index (χ3v) is 14.6. The zero-order chi connectivity index (χ0) is 52.9. The van der Waals surface area contributed by atoms with E-state index in [0.717, 1.165) is 72.8 Å². The summed E-state index contributed by atoms with van der Waals surface area (Å²) in [4.78, 5) is 83.5. The summed E-state index contributed by atoms with van der Waals surface area (Å²) < 4.78 is 107. The molecule has 0 spiro atoms. The third kappa shape index (κ3) is 17.3. The number of carboxylic acid groups (broad SMARTS) is 8. The summed E-state index contributed by atoms with van der Waals surface area (Å²) in [7, 11) is -10.7. The van der Waals surface area contributed by atoms with Crippen molar-refractivity contribution in [1.82, 2.24) is 0 Å². The Morgan fingerprint density at radius 1 is 0.265 bits per heavy atom. The van der Waals surface area contributed by atoms with E-state index in [2.05, 4.69) is 15.9 Å². The quantitative estimate of drug-likeness (QED) is 0.0746. The molecule has 4 aromatic carbocycles. The monoisotopic (exact) mass is 1110 g/mol. The number of aromatic carboxylic acids is 8. The van der Waals surface area contributed by atoms with Crippen LogP contribution in [0.25, 0.3) is 0 Å². The number of carbonyl (C=O) groups is 8. The van der Waals surface area contributed by atoms with Gasteiger partial charge in [-0.25, -0.2) is 38.4 Å². The fourth-order valence-corrected chi connectivity index (χ4v) is 8.13. The van der Waals surface area contributed by atoms with E-state index in [4.69, 9.17) is 40.9 Å². The number of carboxylic acids is 8. The molecule has 4 rings (SSSR count). The van der Waals surface area contributed by atoms with E-state index in [9.17, 15) is 72.0 Å². The maximum Gasteiger partial charge on any atom is 0.335 e. The molecule has 0 bridgehead atoms. The van der Waals surface area contributed by atoms with Crippen LogP contribution in [-0.2, 0) is 56.4 Å². The van der Waals surface area contributed by atoms with E-state index in [1.54, 1.807) is 0 Å². The zero-order valence-corrected chi connectivity index (χ0v) is 40.5. The van der Waals surface area contributed by atoms with Crippen LogP contribution in [0.5, 0.6) is 0 Å². The minimum atomic E-state index is -4.17. The Bertz CT molecular complexity index is 2600. The molecule has 36 heteroatoms. The molecule has 0 aliphatic rings. The molecule has 0 saturated carbocycles. The number of rotatable bonds is 16. The molecule has 0 saturated heterocycles. The van der Waals surface area contributed by atoms with Gasteiger partial charge in [-0.1, -0.05) is 0 Å². The predicted molar refractivity (Wildman–Crippen MR) is 233 cm³/mol. The van der Waals surface area contributed by atoms with Crippen LogP contribution in [-0.4, -0.2) is 122 Å². The molecule has 4 aromatic rings. The van der Waals surface area contributed by atoms with Crippen molar-refractivity contribution >= 4 is 126 Å². The average molecular weight is 1110 g/mol. The van der Waals surface area contributed by atoms with E-state index in [-0.39, 0.29) is 0 Å². The minimum absolute atomic E-state index is 0.453. The van der Waals surface area contributed by atoms with Crippen molar-refractivity contribution < 1.29 is 129 Å². The third-order valence-electron chi connectivity index (χ3n) is 7.26. The van der Waals surface area contributed by atoms with Crippen molar-refractivity contribution in [2.75, 3.05) is 0 Å². The fraction of sp³-hybridized carbons (Fsp3) is 0. The standard InChI is InChI=1S/4C8H7O7PS/c4*9-7(10)4-1-5(8(11)12)3-6(2-4)17(13,14)15-16/h4*1-3H,16H2,(H,9,10)(H,11,12). The van der Waals surface area contributed by atoms with Gasteiger partial charge < -0.3 is 40.9 Å². The van der Waals surface area contributed by atoms with Crippen LogP contribution >= 0.6 is 37.9 Å². The second kappa shape index (κ2) is 24.9. The first-order valence-corrected chi connectivity index (χ1v) is 23.6. The Balaban J connectivity index is 0.000000453. The lowest BCUT2D eigenvalue weighted by Crippen LogP contribution is -2.07. The molecule has 4 atom stereocenters. The second-order valence-corrected chi connectivity index (χ2v) is 20.2. The van der Waals surface area contributed by atoms with E-state index >= 15 is 0 Å². The summed E-state index contributed by atoms with van der Waals surface area (Å²) in [6, 6.07) is 9.92. The van der Waals surface area contributed by atoms with Crippen LogP contribution in [0.15, 0.2) is 92.4 Å². The summed E-state index contributed by atoms with van der Waals surface area (Å²) in [5.74, 6) is -11.5. The summed E-state index contributed by atoms with van der Waals surface area (Å²) >= 11 is 0. The van der Waals surface area contributed by atoms with Gasteiger partial charge in [-0.3, -0.25) is 15.9 Å². The lowest BCUT2D eigenvalue weighted by molar-refractivity contribution is 0.0675. The largest absolute Gasteiger partial charge is 0.478 e. The molecule has 8 N–H and O–H groups in total. The van der Waals surface area contributed by atoms with E-state index in [1.165, 1.54) is 37.9 Å². The van der Waals surface area contributed by atoms with Crippen molar-refractivity contribution in [3.8, 4) is 0 Å². The van der Waals surface area contributed by atoms with Gasteiger partial charge in [-0.15, -0.1) is 0 Å². The molecule has 28 nitrogen and oxygen atoms in total. The van der Waals surface area contributed by atoms with Crippen molar-refractivity contribution in [1.29, 1.82) is 0 Å². The SMILES string of the molecule is O=C(O)c1cc(C(=O)O)cc(S(=O)(=O)OP)c1.O=C(O)c1cc(C(=O)O)cc(S(=O)(=O)OP)c1.O=C(O)c1cc(C(=O)O)cc(S(=O)(=O)OP)c1.O=C(O)c1cc(C(=O)O)cc(S(=O)(=O)OP)c1. The normalized spacial score (nSPS) is 11.1. The highest BCUT2D eigenvalue weighted by Gasteiger charge is 2.23. The topological polar surface area (TPSA) is 472 Å². The van der Waals surface area contributed by atoms with Crippen molar-refractivity contribution in [3.63, 3.8) is 0 Å². The van der Waals surface area contributed by atoms with Gasteiger partial charge in [0.1, 0.15) is 0 Å². The van der Waals surface area contributed by atoms with Gasteiger partial charge in [0.2, 0.25) is 0 Å². The summed E-state index contributed by atoms with van der Waals surface area (Å²) in [5.41, 5.74) is -3.63. The van der Waals surface area contributed by atoms with Gasteiger partial charge in [-0.2, -0.15) is 33.7 Å². The van der Waals surface area contributed by atoms with Gasteiger partial charge in [0, 0.05) is 37.9 Å². The highest BCUT2D eigenvalue weighted by atomic mass is 32.2. The number of hydrogen-bond donors (Lipinski definition) is 8. The van der Waals surface area contributed by atoms with Gasteiger partial charge >= 0.3 is 47.8 Å². The fourth-order valence-electron chi connectivity index (χ4n) is 4.18. The Kier molecular flexibility index (Phi) is 21.9. The molecule has 4 unspecified atom stereocenters. The molecule has 368 valence electrons. The molecule has 68 heavy (non-hydrogen) atoms. The lowest BCUT2D eigenvalue weighted by atomic mass is 10.1. The molecular formula is C32H28O28P4S4. The zero-order valence-electron chi connectivity index (χ0n) is 32.6. The Morgan fingerprint density at radius 3 is 0.441 bits per heavy atom. The summed E-state index contributed by atoms with van der Waals surface area (Å²) in [5, 5.41) is 69.8. The molecule has 0 fully saturated rings. The van der Waals surface area contributed by atoms with Crippen molar-refractivity contribution in [3.05, 3.63) is 117 Å². The molecule has 0 amide bonds. The van der Waals surface area contributed by atoms with Crippen LogP contribution in [0.3, 0.4) is 0 Å². The van der Waals surface area contributed by atoms with Crippen LogP contribution in [0, 0.1) is 0 Å². The van der Waals surface area contributed by atoms with E-state index in [1.807, 2.05) is 0 Å². The van der Waals surface area contributed by atoms with Crippen LogP contribution in [0.1, 0.15) is 82.9 Å². The molecule has 0 aliphatic heterocycles.